The van der Waals surface area contributed by atoms with Crippen molar-refractivity contribution in [3.8, 4) is 5.75 Å². The summed E-state index contributed by atoms with van der Waals surface area (Å²) in [4.78, 5) is 0. The lowest BCUT2D eigenvalue weighted by Gasteiger charge is -2.19. The van der Waals surface area contributed by atoms with Crippen molar-refractivity contribution in [2.45, 2.75) is 32.3 Å². The van der Waals surface area contributed by atoms with E-state index in [2.05, 4.69) is 37.3 Å². The van der Waals surface area contributed by atoms with E-state index in [0.717, 1.165) is 12.2 Å². The topological polar surface area (TPSA) is 9.23 Å². The van der Waals surface area contributed by atoms with Gasteiger partial charge in [0.25, 0.3) is 0 Å². The molecule has 93 valence electrons. The van der Waals surface area contributed by atoms with E-state index < -0.39 is 0 Å². The van der Waals surface area contributed by atoms with Crippen molar-refractivity contribution >= 4 is 0 Å². The molecule has 1 atom stereocenters. The maximum atomic E-state index is 6.08. The van der Waals surface area contributed by atoms with Gasteiger partial charge in [0, 0.05) is 0 Å². The van der Waals surface area contributed by atoms with E-state index in [1.54, 1.807) is 0 Å². The van der Waals surface area contributed by atoms with Crippen molar-refractivity contribution in [1.82, 2.24) is 0 Å². The van der Waals surface area contributed by atoms with Crippen LogP contribution in [0.25, 0.3) is 0 Å². The summed E-state index contributed by atoms with van der Waals surface area (Å²) in [5.41, 5.74) is 1.25. The number of hydrogen-bond acceptors (Lipinski definition) is 1. The van der Waals surface area contributed by atoms with Crippen molar-refractivity contribution in [3.05, 3.63) is 66.2 Å². The zero-order valence-electron chi connectivity index (χ0n) is 10.8. The summed E-state index contributed by atoms with van der Waals surface area (Å²) in [5, 5.41) is 0. The highest BCUT2D eigenvalue weighted by molar-refractivity contribution is 5.24. The Morgan fingerprint density at radius 3 is 2.44 bits per heavy atom. The number of benzene rings is 2. The largest absolute Gasteiger partial charge is 0.486 e. The minimum Gasteiger partial charge on any atom is -0.486 e. The molecule has 0 saturated heterocycles. The first-order chi connectivity index (χ1) is 8.90. The van der Waals surface area contributed by atoms with Gasteiger partial charge in [-0.1, -0.05) is 55.8 Å². The third-order valence-electron chi connectivity index (χ3n) is 2.96. The maximum absolute atomic E-state index is 6.08. The minimum atomic E-state index is 0.147. The first-order valence-electron chi connectivity index (χ1n) is 6.58. The number of unbranched alkanes of at least 4 members (excludes halogenated alkanes) is 1. The molecule has 0 aliphatic carbocycles. The Balaban J connectivity index is 2.10. The summed E-state index contributed by atoms with van der Waals surface area (Å²) in [5.74, 6) is 0.915. The van der Waals surface area contributed by atoms with Gasteiger partial charge in [-0.05, 0) is 36.6 Å². The van der Waals surface area contributed by atoms with E-state index in [9.17, 15) is 0 Å². The van der Waals surface area contributed by atoms with Crippen molar-refractivity contribution in [2.24, 2.45) is 0 Å². The Bertz CT molecular complexity index is 436. The first kappa shape index (κ1) is 12.7. The summed E-state index contributed by atoms with van der Waals surface area (Å²) in [7, 11) is 0. The number of ether oxygens (including phenoxy) is 1. The molecule has 2 rings (SSSR count). The molecular weight excluding hydrogens is 220 g/mol. The highest BCUT2D eigenvalue weighted by Gasteiger charge is 2.12. The molecule has 0 aliphatic rings. The van der Waals surface area contributed by atoms with Gasteiger partial charge in [-0.25, -0.2) is 0 Å². The predicted octanol–water partition coefficient (Wildman–Crippen LogP) is 4.80. The second-order valence-corrected chi connectivity index (χ2v) is 4.40. The van der Waals surface area contributed by atoms with Gasteiger partial charge < -0.3 is 4.74 Å². The number of rotatable bonds is 6. The van der Waals surface area contributed by atoms with E-state index in [0.29, 0.717) is 0 Å². The molecule has 0 N–H and O–H groups in total. The molecule has 0 amide bonds. The van der Waals surface area contributed by atoms with Crippen molar-refractivity contribution in [1.29, 1.82) is 0 Å². The van der Waals surface area contributed by atoms with E-state index in [-0.39, 0.29) is 6.10 Å². The van der Waals surface area contributed by atoms with Gasteiger partial charge in [0.05, 0.1) is 0 Å². The fourth-order valence-corrected chi connectivity index (χ4v) is 1.97. The minimum absolute atomic E-state index is 0.147. The van der Waals surface area contributed by atoms with Gasteiger partial charge in [-0.3, -0.25) is 0 Å². The van der Waals surface area contributed by atoms with E-state index in [4.69, 9.17) is 4.74 Å². The molecule has 0 spiro atoms. The van der Waals surface area contributed by atoms with Crippen LogP contribution >= 0.6 is 0 Å². The molecule has 0 fully saturated rings. The average molecular weight is 239 g/mol. The van der Waals surface area contributed by atoms with E-state index in [1.165, 1.54) is 18.4 Å². The van der Waals surface area contributed by atoms with E-state index >= 15 is 0 Å². The molecule has 1 unspecified atom stereocenters. The molecule has 2 aromatic carbocycles. The highest BCUT2D eigenvalue weighted by Crippen LogP contribution is 2.26. The van der Waals surface area contributed by atoms with Gasteiger partial charge in [-0.2, -0.15) is 0 Å². The second kappa shape index (κ2) is 6.85. The van der Waals surface area contributed by atoms with Crippen molar-refractivity contribution in [3.63, 3.8) is 0 Å². The maximum Gasteiger partial charge on any atom is 0.124 e. The Kier molecular flexibility index (Phi) is 4.83. The zero-order chi connectivity index (χ0) is 12.6. The van der Waals surface area contributed by atoms with Crippen molar-refractivity contribution in [2.75, 3.05) is 0 Å². The molecule has 2 aromatic rings. The quantitative estimate of drug-likeness (QED) is 0.703. The monoisotopic (exact) mass is 239 g/mol. The molecule has 0 bridgehead atoms. The fraction of sp³-hybridized carbons (Fsp3) is 0.294. The molecule has 0 saturated carbocycles. The van der Waals surface area contributed by atoms with Crippen LogP contribution in [0.1, 0.15) is 37.9 Å². The molecule has 18 heavy (non-hydrogen) atoms. The third-order valence-corrected chi connectivity index (χ3v) is 2.96. The first-order valence-corrected chi connectivity index (χ1v) is 6.58. The fourth-order valence-electron chi connectivity index (χ4n) is 1.97. The summed E-state index contributed by atoms with van der Waals surface area (Å²) in [6.45, 7) is 2.21. The Hall–Kier alpha value is -1.76. The lowest BCUT2D eigenvalue weighted by Crippen LogP contribution is -2.07. The summed E-state index contributed by atoms with van der Waals surface area (Å²) in [6, 6.07) is 21.1. The molecule has 0 heterocycles. The van der Waals surface area contributed by atoms with Crippen LogP contribution in [0.2, 0.25) is 0 Å². The van der Waals surface area contributed by atoms with Gasteiger partial charge >= 0.3 is 0 Å². The van der Waals surface area contributed by atoms with Crippen LogP contribution in [0.4, 0.5) is 0 Å². The van der Waals surface area contributed by atoms with Crippen molar-refractivity contribution < 1.29 is 4.74 Å². The van der Waals surface area contributed by atoms with Crippen LogP contribution in [-0.4, -0.2) is 0 Å². The predicted molar refractivity (Wildman–Crippen MR) is 74.6 cm³/mol. The van der Waals surface area contributed by atoms with Crippen LogP contribution in [0.5, 0.6) is 5.75 Å². The van der Waals surface area contributed by atoms with Gasteiger partial charge in [-0.15, -0.1) is 0 Å². The smallest absolute Gasteiger partial charge is 0.124 e. The second-order valence-electron chi connectivity index (χ2n) is 4.40. The summed E-state index contributed by atoms with van der Waals surface area (Å²) < 4.78 is 6.08. The SMILES string of the molecule is CCCCC(Oc1cc[c]cc1)c1ccccc1. The van der Waals surface area contributed by atoms with E-state index in [1.807, 2.05) is 30.3 Å². The van der Waals surface area contributed by atoms with Gasteiger partial charge in [0.2, 0.25) is 0 Å². The summed E-state index contributed by atoms with van der Waals surface area (Å²) >= 11 is 0. The molecule has 1 heteroatoms. The van der Waals surface area contributed by atoms with Gasteiger partial charge in [0.15, 0.2) is 0 Å². The molecular formula is C17H19O. The van der Waals surface area contributed by atoms with Crippen LogP contribution in [0.15, 0.2) is 54.6 Å². The Labute approximate surface area is 109 Å². The average Bonchev–Trinajstić information content (AvgIpc) is 2.45. The van der Waals surface area contributed by atoms with Crippen LogP contribution in [0.3, 0.4) is 0 Å². The zero-order valence-corrected chi connectivity index (χ0v) is 10.8. The highest BCUT2D eigenvalue weighted by atomic mass is 16.5. The number of hydrogen-bond donors (Lipinski definition) is 0. The lowest BCUT2D eigenvalue weighted by atomic mass is 10.0. The standard InChI is InChI=1S/C17H19O/c1-2-3-14-17(15-10-6-4-7-11-15)18-16-12-8-5-9-13-16/h4,6-13,17H,2-3,14H2,1H3. The molecule has 1 radical (unpaired) electrons. The molecule has 0 aromatic heterocycles. The molecule has 1 nitrogen and oxygen atoms in total. The molecule has 0 aliphatic heterocycles. The third kappa shape index (κ3) is 3.63. The van der Waals surface area contributed by atoms with Crippen LogP contribution < -0.4 is 4.74 Å². The van der Waals surface area contributed by atoms with Crippen LogP contribution in [0, 0.1) is 6.07 Å². The lowest BCUT2D eigenvalue weighted by molar-refractivity contribution is 0.191. The Morgan fingerprint density at radius 1 is 1.06 bits per heavy atom. The normalized spacial score (nSPS) is 12.1. The Morgan fingerprint density at radius 2 is 1.78 bits per heavy atom. The van der Waals surface area contributed by atoms with Crippen LogP contribution in [-0.2, 0) is 0 Å². The summed E-state index contributed by atoms with van der Waals surface area (Å²) in [6.07, 6.45) is 3.57. The van der Waals surface area contributed by atoms with Gasteiger partial charge in [0.1, 0.15) is 11.9 Å².